The minimum atomic E-state index is -0.497. The highest BCUT2D eigenvalue weighted by Crippen LogP contribution is 2.36. The van der Waals surface area contributed by atoms with Crippen molar-refractivity contribution in [2.45, 2.75) is 0 Å². The second kappa shape index (κ2) is 7.40. The third-order valence-corrected chi connectivity index (χ3v) is 4.38. The summed E-state index contributed by atoms with van der Waals surface area (Å²) in [6.07, 6.45) is 1.57. The van der Waals surface area contributed by atoms with Crippen LogP contribution in [0.4, 0.5) is 5.69 Å². The number of rotatable bonds is 5. The first-order valence-electron chi connectivity index (χ1n) is 8.53. The Kier molecular flexibility index (Phi) is 4.63. The van der Waals surface area contributed by atoms with E-state index in [1.165, 1.54) is 13.2 Å². The fourth-order valence-corrected chi connectivity index (χ4v) is 2.96. The molecule has 0 spiro atoms. The molecule has 0 radical (unpaired) electrons. The zero-order chi connectivity index (χ0) is 20.4. The van der Waals surface area contributed by atoms with Crippen molar-refractivity contribution >= 4 is 17.3 Å². The Morgan fingerprint density at radius 2 is 2.00 bits per heavy atom. The van der Waals surface area contributed by atoms with Gasteiger partial charge in [-0.15, -0.1) is 0 Å². The Labute approximate surface area is 165 Å². The molecule has 29 heavy (non-hydrogen) atoms. The van der Waals surface area contributed by atoms with Crippen LogP contribution in [0.1, 0.15) is 11.3 Å². The maximum atomic E-state index is 11.4. The number of ether oxygens (including phenoxy) is 3. The van der Waals surface area contributed by atoms with Gasteiger partial charge >= 0.3 is 0 Å². The van der Waals surface area contributed by atoms with Crippen molar-refractivity contribution in [2.75, 3.05) is 13.9 Å². The molecule has 0 saturated carbocycles. The predicted molar refractivity (Wildman–Crippen MR) is 103 cm³/mol. The van der Waals surface area contributed by atoms with Gasteiger partial charge in [0.15, 0.2) is 11.5 Å². The number of hydrogen-bond donors (Lipinski definition) is 0. The molecule has 8 heteroatoms. The molecule has 0 saturated heterocycles. The summed E-state index contributed by atoms with van der Waals surface area (Å²) in [6, 6.07) is 15.1. The van der Waals surface area contributed by atoms with Crippen LogP contribution in [0.3, 0.4) is 0 Å². The van der Waals surface area contributed by atoms with Gasteiger partial charge in [-0.2, -0.15) is 5.26 Å². The number of nitro groups is 1. The van der Waals surface area contributed by atoms with Gasteiger partial charge in [0, 0.05) is 0 Å². The molecule has 4 rings (SSSR count). The average Bonchev–Trinajstić information content (AvgIpc) is 3.40. The molecule has 0 bridgehead atoms. The topological polar surface area (TPSA) is 108 Å². The summed E-state index contributed by atoms with van der Waals surface area (Å²) >= 11 is 0. The number of furan rings is 1. The molecule has 1 aliphatic heterocycles. The highest BCUT2D eigenvalue weighted by molar-refractivity contribution is 5.89. The second-order valence-corrected chi connectivity index (χ2v) is 6.08. The summed E-state index contributed by atoms with van der Waals surface area (Å²) in [6.45, 7) is 0.145. The number of methoxy groups -OCH3 is 1. The first-order valence-corrected chi connectivity index (χ1v) is 8.53. The maximum absolute atomic E-state index is 11.4. The zero-order valence-electron chi connectivity index (χ0n) is 15.2. The van der Waals surface area contributed by atoms with Gasteiger partial charge in [-0.1, -0.05) is 0 Å². The molecule has 1 aliphatic rings. The molecule has 0 unspecified atom stereocenters. The molecular formula is C21H14N2O6. The quantitative estimate of drug-likeness (QED) is 0.354. The predicted octanol–water partition coefficient (Wildman–Crippen LogP) is 4.66. The van der Waals surface area contributed by atoms with Crippen LogP contribution in [0.15, 0.2) is 52.9 Å². The monoisotopic (exact) mass is 390 g/mol. The molecule has 0 aliphatic carbocycles. The van der Waals surface area contributed by atoms with Gasteiger partial charge in [-0.3, -0.25) is 10.1 Å². The van der Waals surface area contributed by atoms with E-state index in [-0.39, 0.29) is 12.5 Å². The first kappa shape index (κ1) is 18.1. The molecule has 2 heterocycles. The number of hydrogen-bond acceptors (Lipinski definition) is 7. The van der Waals surface area contributed by atoms with Gasteiger partial charge in [-0.05, 0) is 54.1 Å². The number of nitriles is 1. The molecule has 3 aromatic rings. The van der Waals surface area contributed by atoms with E-state index in [4.69, 9.17) is 18.6 Å². The Hall–Kier alpha value is -4.25. The largest absolute Gasteiger partial charge is 0.497 e. The number of nitro benzene ring substituents is 1. The van der Waals surface area contributed by atoms with Crippen LogP contribution < -0.4 is 14.2 Å². The lowest BCUT2D eigenvalue weighted by Gasteiger charge is -2.03. The van der Waals surface area contributed by atoms with Gasteiger partial charge in [-0.25, -0.2) is 0 Å². The highest BCUT2D eigenvalue weighted by atomic mass is 16.7. The minimum Gasteiger partial charge on any atom is -0.497 e. The van der Waals surface area contributed by atoms with Crippen LogP contribution in [0, 0.1) is 21.4 Å². The first-order chi connectivity index (χ1) is 14.1. The van der Waals surface area contributed by atoms with Crippen molar-refractivity contribution in [3.63, 3.8) is 0 Å². The van der Waals surface area contributed by atoms with E-state index in [2.05, 4.69) is 6.07 Å². The summed E-state index contributed by atoms with van der Waals surface area (Å²) in [5.41, 5.74) is 1.18. The normalized spacial score (nSPS) is 12.5. The third-order valence-electron chi connectivity index (χ3n) is 4.38. The molecule has 8 nitrogen and oxygen atoms in total. The number of allylic oxidation sites excluding steroid dienone is 1. The van der Waals surface area contributed by atoms with Crippen LogP contribution in [0.5, 0.6) is 17.2 Å². The van der Waals surface area contributed by atoms with Gasteiger partial charge in [0.05, 0.1) is 35.3 Å². The lowest BCUT2D eigenvalue weighted by molar-refractivity contribution is -0.384. The number of nitrogens with zero attached hydrogens (tertiary/aromatic N) is 2. The smallest absolute Gasteiger partial charge is 0.284 e. The van der Waals surface area contributed by atoms with Crippen LogP contribution in [-0.2, 0) is 0 Å². The Morgan fingerprint density at radius 3 is 2.76 bits per heavy atom. The number of benzene rings is 2. The Balaban J connectivity index is 1.69. The molecule has 1 aromatic heterocycles. The van der Waals surface area contributed by atoms with Crippen molar-refractivity contribution < 1.29 is 23.6 Å². The van der Waals surface area contributed by atoms with Crippen molar-refractivity contribution in [1.29, 1.82) is 5.26 Å². The minimum absolute atomic E-state index is 0.134. The Bertz CT molecular complexity index is 1170. The SMILES string of the molecule is COc1ccc(-c2ccc(/C=C(/C#N)c3ccc4c(c3)OCO4)o2)c([N+](=O)[O-])c1. The Morgan fingerprint density at radius 1 is 1.17 bits per heavy atom. The van der Waals surface area contributed by atoms with Gasteiger partial charge in [0.25, 0.3) is 5.69 Å². The summed E-state index contributed by atoms with van der Waals surface area (Å²) in [7, 11) is 1.44. The lowest BCUT2D eigenvalue weighted by atomic mass is 10.1. The molecular weight excluding hydrogens is 376 g/mol. The summed E-state index contributed by atoms with van der Waals surface area (Å²) in [4.78, 5) is 10.9. The summed E-state index contributed by atoms with van der Waals surface area (Å²) in [5.74, 6) is 2.27. The standard InChI is InChI=1S/C21H14N2O6/c1-26-15-3-5-17(18(10-15)23(24)25)19-7-4-16(29-19)8-14(11-22)13-2-6-20-21(9-13)28-12-27-20/h2-10H,12H2,1H3/b14-8-. The van der Waals surface area contributed by atoms with Gasteiger partial charge in [0.1, 0.15) is 17.3 Å². The van der Waals surface area contributed by atoms with Crippen molar-refractivity contribution in [1.82, 2.24) is 0 Å². The summed E-state index contributed by atoms with van der Waals surface area (Å²) < 4.78 is 21.4. The van der Waals surface area contributed by atoms with Crippen molar-refractivity contribution in [3.8, 4) is 34.6 Å². The van der Waals surface area contributed by atoms with Crippen LogP contribution >= 0.6 is 0 Å². The van der Waals surface area contributed by atoms with E-state index in [1.807, 2.05) is 0 Å². The fraction of sp³-hybridized carbons (Fsp3) is 0.0952. The molecule has 0 amide bonds. The van der Waals surface area contributed by atoms with E-state index >= 15 is 0 Å². The van der Waals surface area contributed by atoms with Crippen LogP contribution in [-0.4, -0.2) is 18.8 Å². The van der Waals surface area contributed by atoms with E-state index in [9.17, 15) is 15.4 Å². The van der Waals surface area contributed by atoms with Crippen molar-refractivity contribution in [2.24, 2.45) is 0 Å². The third kappa shape index (κ3) is 3.49. The molecule has 0 N–H and O–H groups in total. The fourth-order valence-electron chi connectivity index (χ4n) is 2.96. The molecule has 2 aromatic carbocycles. The van der Waals surface area contributed by atoms with E-state index in [0.29, 0.717) is 45.5 Å². The number of fused-ring (bicyclic) bond motifs is 1. The van der Waals surface area contributed by atoms with E-state index in [1.54, 1.807) is 48.5 Å². The van der Waals surface area contributed by atoms with E-state index < -0.39 is 4.92 Å². The van der Waals surface area contributed by atoms with Gasteiger partial charge < -0.3 is 18.6 Å². The highest BCUT2D eigenvalue weighted by Gasteiger charge is 2.20. The van der Waals surface area contributed by atoms with E-state index in [0.717, 1.165) is 0 Å². The zero-order valence-corrected chi connectivity index (χ0v) is 15.2. The van der Waals surface area contributed by atoms with Crippen molar-refractivity contribution in [3.05, 3.63) is 70.0 Å². The van der Waals surface area contributed by atoms with Crippen LogP contribution in [0.25, 0.3) is 23.0 Å². The average molecular weight is 390 g/mol. The molecule has 0 atom stereocenters. The van der Waals surface area contributed by atoms with Crippen LogP contribution in [0.2, 0.25) is 0 Å². The lowest BCUT2D eigenvalue weighted by Crippen LogP contribution is -1.93. The second-order valence-electron chi connectivity index (χ2n) is 6.08. The van der Waals surface area contributed by atoms with Gasteiger partial charge in [0.2, 0.25) is 6.79 Å². The molecule has 144 valence electrons. The molecule has 0 fully saturated rings. The summed E-state index contributed by atoms with van der Waals surface area (Å²) in [5, 5.41) is 21.0. The maximum Gasteiger partial charge on any atom is 0.284 e.